The first kappa shape index (κ1) is 71.5. The highest BCUT2D eigenvalue weighted by atomic mass is 16.6. The molecule has 0 aliphatic heterocycles. The van der Waals surface area contributed by atoms with E-state index in [1.54, 1.807) is 12.1 Å². The summed E-state index contributed by atoms with van der Waals surface area (Å²) in [5.74, 6) is 0. The topological polar surface area (TPSA) is 134 Å². The first-order valence-corrected chi connectivity index (χ1v) is 36.0. The van der Waals surface area contributed by atoms with Crippen LogP contribution in [-0.4, -0.2) is 4.92 Å². The minimum Gasteiger partial charge on any atom is -0.399 e. The Morgan fingerprint density at radius 2 is 0.340 bits per heavy atom. The maximum Gasteiger partial charge on any atom is 0.269 e. The smallest absolute Gasteiger partial charge is 0.269 e. The second-order valence-corrected chi connectivity index (χ2v) is 29.1. The van der Waals surface area contributed by atoms with Crippen LogP contribution in [0.15, 0.2) is 364 Å². The standard InChI is InChI=1S/C48H44N4O2.C48H46N4/c1-47(2,35-11-7-5-8-12-35)37-15-21-40(22-16-37)50(41-23-17-38(18-24-41)48(3,4)36-13-9-6-10-14-36)43-27-29-44(30-28-43)51(42-25-19-39(49)20-26-42)45-31-33-46(34-32-45)52(53)54;1-47(2,35-11-7-5-8-12-35)37-15-23-41(24-16-37)51(42-25-17-38(18-26-42)48(3,4)36-13-9-6-10-14-36)45-31-33-46(34-32-45)52(43-27-19-39(49)20-28-43)44-29-21-40(50)22-30-44/h5-34H,49H2,1-4H3;5-34H,49-50H2,1-4H3. The molecule has 0 radical (unpaired) electrons. The van der Waals surface area contributed by atoms with Crippen molar-refractivity contribution in [1.82, 2.24) is 0 Å². The van der Waals surface area contributed by atoms with Gasteiger partial charge in [-0.05, 0) is 226 Å². The summed E-state index contributed by atoms with van der Waals surface area (Å²) in [5.41, 5.74) is 41.8. The molecule has 106 heavy (non-hydrogen) atoms. The second kappa shape index (κ2) is 30.6. The van der Waals surface area contributed by atoms with Gasteiger partial charge in [-0.2, -0.15) is 0 Å². The van der Waals surface area contributed by atoms with Gasteiger partial charge in [0.2, 0.25) is 0 Å². The van der Waals surface area contributed by atoms with Crippen LogP contribution < -0.4 is 36.8 Å². The first-order valence-electron chi connectivity index (χ1n) is 36.0. The van der Waals surface area contributed by atoms with Gasteiger partial charge in [0.05, 0.1) is 4.92 Å². The Labute approximate surface area is 624 Å². The predicted molar refractivity (Wildman–Crippen MR) is 446 cm³/mol. The average Bonchev–Trinajstić information content (AvgIpc) is 0.781. The number of nitro benzene ring substituents is 1. The summed E-state index contributed by atoms with van der Waals surface area (Å²) in [7, 11) is 0. The van der Waals surface area contributed by atoms with Crippen LogP contribution in [0.25, 0.3) is 0 Å². The molecule has 0 aromatic heterocycles. The number of non-ortho nitro benzene ring substituents is 1. The Bertz CT molecular complexity index is 4960. The lowest BCUT2D eigenvalue weighted by atomic mass is 9.78. The molecule has 14 aromatic rings. The SMILES string of the molecule is CC(C)(c1ccccc1)c1ccc(N(c2ccc(N(c3ccc(N)cc3)c3ccc(N)cc3)cc2)c2ccc(C(C)(C)c3ccccc3)cc2)cc1.CC(C)(c1ccccc1)c1ccc(N(c2ccc(N(c3ccc(N)cc3)c3ccc([N+](=O)[O-])cc3)cc2)c2ccc(C(C)(C)c3ccccc3)cc2)cc1. The van der Waals surface area contributed by atoms with Gasteiger partial charge in [0.15, 0.2) is 0 Å². The van der Waals surface area contributed by atoms with Crippen LogP contribution >= 0.6 is 0 Å². The Balaban J connectivity index is 0.000000188. The van der Waals surface area contributed by atoms with Crippen molar-refractivity contribution in [3.8, 4) is 0 Å². The lowest BCUT2D eigenvalue weighted by Gasteiger charge is -2.31. The molecule has 14 aromatic carbocycles. The number of nitrogens with zero attached hydrogens (tertiary/aromatic N) is 5. The zero-order valence-electron chi connectivity index (χ0n) is 61.4. The van der Waals surface area contributed by atoms with Gasteiger partial charge in [0.25, 0.3) is 5.69 Å². The zero-order valence-corrected chi connectivity index (χ0v) is 61.4. The van der Waals surface area contributed by atoms with Crippen molar-refractivity contribution in [2.45, 2.75) is 77.0 Å². The molecule has 526 valence electrons. The van der Waals surface area contributed by atoms with Gasteiger partial charge in [-0.1, -0.05) is 225 Å². The van der Waals surface area contributed by atoms with E-state index in [9.17, 15) is 10.1 Å². The number of nitrogen functional groups attached to an aromatic ring is 3. The summed E-state index contributed by atoms with van der Waals surface area (Å²) in [5, 5.41) is 11.4. The third kappa shape index (κ3) is 15.4. The van der Waals surface area contributed by atoms with E-state index in [4.69, 9.17) is 17.2 Å². The molecule has 0 saturated heterocycles. The number of hydrogen-bond acceptors (Lipinski definition) is 9. The van der Waals surface area contributed by atoms with E-state index in [0.717, 1.165) is 79.6 Å². The van der Waals surface area contributed by atoms with Crippen molar-refractivity contribution < 1.29 is 4.92 Å². The summed E-state index contributed by atoms with van der Waals surface area (Å²) in [6.07, 6.45) is 0. The summed E-state index contributed by atoms with van der Waals surface area (Å²) in [6.45, 7) is 18.2. The van der Waals surface area contributed by atoms with Gasteiger partial charge >= 0.3 is 0 Å². The molecule has 0 fully saturated rings. The van der Waals surface area contributed by atoms with Crippen LogP contribution in [0.3, 0.4) is 0 Å². The number of nitro groups is 1. The Morgan fingerprint density at radius 1 is 0.208 bits per heavy atom. The van der Waals surface area contributed by atoms with Gasteiger partial charge in [-0.25, -0.2) is 0 Å². The average molecular weight is 1390 g/mol. The fourth-order valence-corrected chi connectivity index (χ4v) is 14.1. The number of anilines is 15. The molecule has 0 aliphatic carbocycles. The molecule has 0 aliphatic rings. The highest BCUT2D eigenvalue weighted by Crippen LogP contribution is 2.45. The van der Waals surface area contributed by atoms with Crippen LogP contribution in [0.4, 0.5) is 91.0 Å². The molecule has 0 saturated carbocycles. The van der Waals surface area contributed by atoms with Crippen molar-refractivity contribution in [2.24, 2.45) is 0 Å². The van der Waals surface area contributed by atoms with E-state index < -0.39 is 0 Å². The fraction of sp³-hybridized carbons (Fsp3) is 0.125. The third-order valence-corrected chi connectivity index (χ3v) is 20.9. The molecular weight excluding hydrogens is 1300 g/mol. The highest BCUT2D eigenvalue weighted by molar-refractivity contribution is 5.84. The molecule has 0 bridgehead atoms. The Morgan fingerprint density at radius 3 is 0.500 bits per heavy atom. The monoisotopic (exact) mass is 1390 g/mol. The van der Waals surface area contributed by atoms with Gasteiger partial charge in [0, 0.05) is 119 Å². The van der Waals surface area contributed by atoms with Gasteiger partial charge < -0.3 is 36.8 Å². The second-order valence-electron chi connectivity index (χ2n) is 29.1. The normalized spacial score (nSPS) is 11.6. The molecule has 0 spiro atoms. The van der Waals surface area contributed by atoms with E-state index in [1.165, 1.54) is 56.6 Å². The molecule has 14 rings (SSSR count). The van der Waals surface area contributed by atoms with Crippen LogP contribution in [0, 0.1) is 10.1 Å². The molecule has 0 heterocycles. The van der Waals surface area contributed by atoms with Gasteiger partial charge in [0.1, 0.15) is 0 Å². The number of nitrogens with two attached hydrogens (primary N) is 3. The van der Waals surface area contributed by atoms with Crippen LogP contribution in [-0.2, 0) is 21.7 Å². The molecule has 0 amide bonds. The maximum atomic E-state index is 11.4. The van der Waals surface area contributed by atoms with Crippen molar-refractivity contribution >= 4 is 91.0 Å². The van der Waals surface area contributed by atoms with Gasteiger partial charge in [-0.15, -0.1) is 0 Å². The van der Waals surface area contributed by atoms with Crippen molar-refractivity contribution in [2.75, 3.05) is 36.8 Å². The lowest BCUT2D eigenvalue weighted by molar-refractivity contribution is -0.384. The molecular formula is C96H90N8O2. The molecule has 6 N–H and O–H groups in total. The quantitative estimate of drug-likeness (QED) is 0.0365. The summed E-state index contributed by atoms with van der Waals surface area (Å²) < 4.78 is 0. The fourth-order valence-electron chi connectivity index (χ4n) is 14.1. The highest BCUT2D eigenvalue weighted by Gasteiger charge is 2.29. The molecule has 10 nitrogen and oxygen atoms in total. The molecule has 0 atom stereocenters. The predicted octanol–water partition coefficient (Wildman–Crippen LogP) is 25.2. The van der Waals surface area contributed by atoms with Crippen molar-refractivity contribution in [3.63, 3.8) is 0 Å². The minimum absolute atomic E-state index is 0.0401. The summed E-state index contributed by atoms with van der Waals surface area (Å²) in [6, 6.07) is 126. The molecule has 10 heteroatoms. The Kier molecular flexibility index (Phi) is 20.6. The maximum absolute atomic E-state index is 11.4. The zero-order chi connectivity index (χ0) is 74.2. The largest absolute Gasteiger partial charge is 0.399 e. The third-order valence-electron chi connectivity index (χ3n) is 20.9. The van der Waals surface area contributed by atoms with Crippen molar-refractivity contribution in [3.05, 3.63) is 419 Å². The Hall–Kier alpha value is -12.9. The van der Waals surface area contributed by atoms with E-state index >= 15 is 0 Å². The minimum atomic E-state index is -0.384. The van der Waals surface area contributed by atoms with E-state index in [2.05, 4.69) is 342 Å². The van der Waals surface area contributed by atoms with Gasteiger partial charge in [-0.3, -0.25) is 10.1 Å². The van der Waals surface area contributed by atoms with E-state index in [1.807, 2.05) is 72.8 Å². The first-order chi connectivity index (χ1) is 51.1. The summed E-state index contributed by atoms with van der Waals surface area (Å²) >= 11 is 0. The molecule has 0 unspecified atom stereocenters. The van der Waals surface area contributed by atoms with Crippen molar-refractivity contribution in [1.29, 1.82) is 0 Å². The number of hydrogen-bond donors (Lipinski definition) is 3. The number of rotatable bonds is 21. The van der Waals surface area contributed by atoms with E-state index in [0.29, 0.717) is 5.69 Å². The van der Waals surface area contributed by atoms with Crippen LogP contribution in [0.5, 0.6) is 0 Å². The van der Waals surface area contributed by atoms with E-state index in [-0.39, 0.29) is 32.3 Å². The van der Waals surface area contributed by atoms with Crippen LogP contribution in [0.2, 0.25) is 0 Å². The lowest BCUT2D eigenvalue weighted by Crippen LogP contribution is -2.19. The van der Waals surface area contributed by atoms with Crippen LogP contribution in [0.1, 0.15) is 99.9 Å². The summed E-state index contributed by atoms with van der Waals surface area (Å²) in [4.78, 5) is 19.9. The number of benzene rings is 14.